The average molecular weight is 212 g/mol. The van der Waals surface area contributed by atoms with Crippen LogP contribution in [0.5, 0.6) is 0 Å². The van der Waals surface area contributed by atoms with Gasteiger partial charge in [-0.25, -0.2) is 0 Å². The lowest BCUT2D eigenvalue weighted by Crippen LogP contribution is -2.33. The zero-order valence-electron chi connectivity index (χ0n) is 10.4. The second-order valence-corrected chi connectivity index (χ2v) is 4.77. The van der Waals surface area contributed by atoms with Crippen molar-refractivity contribution in [2.75, 3.05) is 19.6 Å². The summed E-state index contributed by atoms with van der Waals surface area (Å²) in [4.78, 5) is 2.69. The van der Waals surface area contributed by atoms with E-state index < -0.39 is 0 Å². The van der Waals surface area contributed by atoms with E-state index in [4.69, 9.17) is 5.73 Å². The van der Waals surface area contributed by atoms with Crippen molar-refractivity contribution in [3.63, 3.8) is 0 Å². The first-order valence-electron chi connectivity index (χ1n) is 6.82. The molecule has 0 aromatic carbocycles. The van der Waals surface area contributed by atoms with Gasteiger partial charge in [0.1, 0.15) is 0 Å². The van der Waals surface area contributed by atoms with Gasteiger partial charge in [-0.15, -0.1) is 0 Å². The lowest BCUT2D eigenvalue weighted by Gasteiger charge is -2.27. The van der Waals surface area contributed by atoms with Gasteiger partial charge in [0.2, 0.25) is 0 Å². The van der Waals surface area contributed by atoms with Crippen LogP contribution in [-0.4, -0.2) is 30.6 Å². The number of hydrogen-bond acceptors (Lipinski definition) is 2. The third-order valence-electron chi connectivity index (χ3n) is 3.65. The van der Waals surface area contributed by atoms with Gasteiger partial charge in [0.05, 0.1) is 0 Å². The fourth-order valence-electron chi connectivity index (χ4n) is 2.68. The van der Waals surface area contributed by atoms with Crippen molar-refractivity contribution in [1.82, 2.24) is 4.90 Å². The standard InChI is InChI=1S/C13H28N2/c1-2-15(13-9-5-6-10-13)12-8-4-3-7-11-14/h13H,2-12,14H2,1H3. The smallest absolute Gasteiger partial charge is 0.00951 e. The largest absolute Gasteiger partial charge is 0.330 e. The van der Waals surface area contributed by atoms with Crippen LogP contribution in [0.1, 0.15) is 58.3 Å². The normalized spacial score (nSPS) is 17.8. The zero-order valence-corrected chi connectivity index (χ0v) is 10.4. The molecule has 2 nitrogen and oxygen atoms in total. The van der Waals surface area contributed by atoms with Crippen LogP contribution in [0.25, 0.3) is 0 Å². The van der Waals surface area contributed by atoms with Crippen LogP contribution in [0.3, 0.4) is 0 Å². The summed E-state index contributed by atoms with van der Waals surface area (Å²) in [5.74, 6) is 0. The molecule has 2 heteroatoms. The van der Waals surface area contributed by atoms with Crippen molar-refractivity contribution in [2.24, 2.45) is 5.73 Å². The van der Waals surface area contributed by atoms with Crippen molar-refractivity contribution in [1.29, 1.82) is 0 Å². The summed E-state index contributed by atoms with van der Waals surface area (Å²) in [7, 11) is 0. The third kappa shape index (κ3) is 4.98. The number of hydrogen-bond donors (Lipinski definition) is 1. The number of unbranched alkanes of at least 4 members (excludes halogenated alkanes) is 3. The molecule has 1 aliphatic rings. The highest BCUT2D eigenvalue weighted by Crippen LogP contribution is 2.23. The Morgan fingerprint density at radius 3 is 2.33 bits per heavy atom. The van der Waals surface area contributed by atoms with E-state index >= 15 is 0 Å². The van der Waals surface area contributed by atoms with Gasteiger partial charge in [0, 0.05) is 6.04 Å². The first-order valence-corrected chi connectivity index (χ1v) is 6.82. The van der Waals surface area contributed by atoms with E-state index in [2.05, 4.69) is 11.8 Å². The first-order chi connectivity index (χ1) is 7.38. The summed E-state index contributed by atoms with van der Waals surface area (Å²) in [5.41, 5.74) is 5.49. The molecule has 1 saturated carbocycles. The van der Waals surface area contributed by atoms with Crippen LogP contribution < -0.4 is 5.73 Å². The van der Waals surface area contributed by atoms with Crippen molar-refractivity contribution in [3.8, 4) is 0 Å². The van der Waals surface area contributed by atoms with Crippen molar-refractivity contribution < 1.29 is 0 Å². The van der Waals surface area contributed by atoms with Gasteiger partial charge in [0.25, 0.3) is 0 Å². The Kier molecular flexibility index (Phi) is 7.03. The average Bonchev–Trinajstić information content (AvgIpc) is 2.77. The topological polar surface area (TPSA) is 29.3 Å². The minimum atomic E-state index is 0.861. The fraction of sp³-hybridized carbons (Fsp3) is 1.00. The lowest BCUT2D eigenvalue weighted by molar-refractivity contribution is 0.204. The molecule has 0 aliphatic heterocycles. The molecule has 0 bridgehead atoms. The second-order valence-electron chi connectivity index (χ2n) is 4.77. The highest BCUT2D eigenvalue weighted by atomic mass is 15.1. The first kappa shape index (κ1) is 13.0. The summed E-state index contributed by atoms with van der Waals surface area (Å²) in [6, 6.07) is 0.907. The molecule has 0 unspecified atom stereocenters. The Labute approximate surface area is 95.2 Å². The molecular weight excluding hydrogens is 184 g/mol. The maximum absolute atomic E-state index is 5.49. The van der Waals surface area contributed by atoms with E-state index in [1.54, 1.807) is 0 Å². The van der Waals surface area contributed by atoms with Crippen LogP contribution in [0.2, 0.25) is 0 Å². The van der Waals surface area contributed by atoms with Gasteiger partial charge < -0.3 is 10.6 Å². The zero-order chi connectivity index (χ0) is 10.9. The molecule has 1 aliphatic carbocycles. The van der Waals surface area contributed by atoms with E-state index in [-0.39, 0.29) is 0 Å². The number of rotatable bonds is 8. The fourth-order valence-corrected chi connectivity index (χ4v) is 2.68. The summed E-state index contributed by atoms with van der Waals surface area (Å²) in [5, 5.41) is 0. The molecule has 90 valence electrons. The Morgan fingerprint density at radius 1 is 1.07 bits per heavy atom. The predicted molar refractivity (Wildman–Crippen MR) is 67.0 cm³/mol. The van der Waals surface area contributed by atoms with E-state index in [0.717, 1.165) is 12.6 Å². The maximum Gasteiger partial charge on any atom is 0.00951 e. The molecule has 2 N–H and O–H groups in total. The monoisotopic (exact) mass is 212 g/mol. The summed E-state index contributed by atoms with van der Waals surface area (Å²) < 4.78 is 0. The molecule has 0 radical (unpaired) electrons. The van der Waals surface area contributed by atoms with Crippen molar-refractivity contribution >= 4 is 0 Å². The molecule has 0 aromatic rings. The predicted octanol–water partition coefficient (Wildman–Crippen LogP) is 2.77. The summed E-state index contributed by atoms with van der Waals surface area (Å²) in [6.07, 6.45) is 11.0. The van der Waals surface area contributed by atoms with Gasteiger partial charge in [-0.2, -0.15) is 0 Å². The minimum Gasteiger partial charge on any atom is -0.330 e. The van der Waals surface area contributed by atoms with Gasteiger partial charge in [0.15, 0.2) is 0 Å². The van der Waals surface area contributed by atoms with E-state index in [1.165, 1.54) is 64.5 Å². The third-order valence-corrected chi connectivity index (χ3v) is 3.65. The van der Waals surface area contributed by atoms with Gasteiger partial charge >= 0.3 is 0 Å². The summed E-state index contributed by atoms with van der Waals surface area (Å²) >= 11 is 0. The van der Waals surface area contributed by atoms with Gasteiger partial charge in [-0.1, -0.05) is 32.6 Å². The van der Waals surface area contributed by atoms with Crippen LogP contribution >= 0.6 is 0 Å². The Hall–Kier alpha value is -0.0800. The van der Waals surface area contributed by atoms with E-state index in [9.17, 15) is 0 Å². The van der Waals surface area contributed by atoms with Gasteiger partial charge in [-0.05, 0) is 45.3 Å². The summed E-state index contributed by atoms with van der Waals surface area (Å²) in [6.45, 7) is 5.71. The number of nitrogens with two attached hydrogens (primary N) is 1. The number of nitrogens with zero attached hydrogens (tertiary/aromatic N) is 1. The Balaban J connectivity index is 2.05. The Morgan fingerprint density at radius 2 is 1.73 bits per heavy atom. The molecule has 0 saturated heterocycles. The Bertz CT molecular complexity index is 141. The SMILES string of the molecule is CCN(CCCCCCN)C1CCCC1. The maximum atomic E-state index is 5.49. The minimum absolute atomic E-state index is 0.861. The molecule has 0 amide bonds. The van der Waals surface area contributed by atoms with E-state index in [0.29, 0.717) is 0 Å². The van der Waals surface area contributed by atoms with E-state index in [1.807, 2.05) is 0 Å². The van der Waals surface area contributed by atoms with Crippen LogP contribution in [0.4, 0.5) is 0 Å². The van der Waals surface area contributed by atoms with Crippen LogP contribution in [-0.2, 0) is 0 Å². The molecule has 1 rings (SSSR count). The molecule has 0 atom stereocenters. The highest BCUT2D eigenvalue weighted by molar-refractivity contribution is 4.76. The molecule has 0 spiro atoms. The van der Waals surface area contributed by atoms with Crippen molar-refractivity contribution in [2.45, 2.75) is 64.3 Å². The van der Waals surface area contributed by atoms with Crippen LogP contribution in [0.15, 0.2) is 0 Å². The second kappa shape index (κ2) is 8.12. The lowest BCUT2D eigenvalue weighted by atomic mass is 10.1. The van der Waals surface area contributed by atoms with Crippen LogP contribution in [0, 0.1) is 0 Å². The molecule has 15 heavy (non-hydrogen) atoms. The highest BCUT2D eigenvalue weighted by Gasteiger charge is 2.20. The quantitative estimate of drug-likeness (QED) is 0.627. The molecule has 0 aromatic heterocycles. The molecule has 0 heterocycles. The molecule has 1 fully saturated rings. The van der Waals surface area contributed by atoms with Gasteiger partial charge in [-0.3, -0.25) is 0 Å². The molecular formula is C13H28N2. The van der Waals surface area contributed by atoms with Crippen molar-refractivity contribution in [3.05, 3.63) is 0 Å².